The van der Waals surface area contributed by atoms with Gasteiger partial charge in [0, 0.05) is 0 Å². The molecule has 5 rings (SSSR count). The number of hydrogen-bond donors (Lipinski definition) is 0. The third-order valence-corrected chi connectivity index (χ3v) is 396. The molecule has 10 heteroatoms. The van der Waals surface area contributed by atoms with Crippen LogP contribution in [0.2, 0.25) is 0 Å². The Bertz CT molecular complexity index is 152. The second-order valence-corrected chi connectivity index (χ2v) is 125. The molecule has 0 N–H and O–H groups in total. The Hall–Kier alpha value is 2.02. The van der Waals surface area contributed by atoms with Gasteiger partial charge in [-0.3, -0.25) is 0 Å². The van der Waals surface area contributed by atoms with E-state index in [1.165, 1.54) is 0 Å². The minimum Gasteiger partial charge on any atom is -0.0231 e. The summed E-state index contributed by atoms with van der Waals surface area (Å²) in [6, 6.07) is 0. The van der Waals surface area contributed by atoms with E-state index >= 15 is 0 Å². The lowest BCUT2D eigenvalue weighted by Crippen LogP contribution is -3.00. The van der Waals surface area contributed by atoms with Crippen LogP contribution in [0.3, 0.4) is 0 Å². The molecular formula is H9BSi9. The fourth-order valence-corrected chi connectivity index (χ4v) is 1070. The Balaban J connectivity index is 1.89. The van der Waals surface area contributed by atoms with Crippen molar-refractivity contribution in [1.29, 1.82) is 0 Å². The minimum absolute atomic E-state index is 0.639. The van der Waals surface area contributed by atoms with Gasteiger partial charge in [0.05, 0.1) is 5.49 Å². The van der Waals surface area contributed by atoms with Gasteiger partial charge in [-0.05, 0) is 67.2 Å². The van der Waals surface area contributed by atoms with E-state index in [2.05, 4.69) is 5.49 Å². The molecule has 10 heavy (non-hydrogen) atoms. The van der Waals surface area contributed by atoms with E-state index in [4.69, 9.17) is 0 Å². The molecule has 0 aromatic carbocycles. The normalized spacial score (nSPS) is 101. The van der Waals surface area contributed by atoms with Gasteiger partial charge in [-0.2, -0.15) is 0 Å². The van der Waals surface area contributed by atoms with Gasteiger partial charge in [0.15, 0.2) is 0 Å². The van der Waals surface area contributed by atoms with Crippen molar-refractivity contribution in [2.75, 3.05) is 0 Å². The fourth-order valence-electron chi connectivity index (χ4n) is 6.97. The van der Waals surface area contributed by atoms with Gasteiger partial charge in [-0.1, -0.05) is 0 Å². The second-order valence-electron chi connectivity index (χ2n) is 5.77. The van der Waals surface area contributed by atoms with Crippen LogP contribution < -0.4 is 0 Å². The molecule has 0 aliphatic carbocycles. The van der Waals surface area contributed by atoms with Crippen LogP contribution >= 0.6 is 0 Å². The van der Waals surface area contributed by atoms with Crippen molar-refractivity contribution in [2.45, 2.75) is 0 Å². The van der Waals surface area contributed by atoms with Gasteiger partial charge >= 0.3 is 0 Å². The second kappa shape index (κ2) is 1.08. The average molecular weight is 273 g/mol. The predicted molar refractivity (Wildman–Crippen MR) is 70.1 cm³/mol. The molecule has 48 valence electrons. The summed E-state index contributed by atoms with van der Waals surface area (Å²) in [6.45, 7) is 0. The average Bonchev–Trinajstić information content (AvgIpc) is 2.47. The van der Waals surface area contributed by atoms with Crippen LogP contribution in [0.4, 0.5) is 0 Å². The zero-order valence-corrected chi connectivity index (χ0v) is 16.2. The van der Waals surface area contributed by atoms with E-state index in [9.17, 15) is 0 Å². The SMILES string of the molecule is B12[SiH]3[SiH]4[SiH]1[SiH]1[SiH]5[SiH]2[SiH]3[SiH]5[SiH]41. The summed E-state index contributed by atoms with van der Waals surface area (Å²) in [7, 11) is 6.27. The van der Waals surface area contributed by atoms with Gasteiger partial charge in [0.25, 0.3) is 0 Å². The number of hydrogen-bond acceptors (Lipinski definition) is 0. The molecule has 0 radical (unpaired) electrons. The van der Waals surface area contributed by atoms with Gasteiger partial charge < -0.3 is 0 Å². The van der Waals surface area contributed by atoms with Crippen molar-refractivity contribution in [3.8, 4) is 0 Å². The largest absolute Gasteiger partial charge is 0.0960 e. The van der Waals surface area contributed by atoms with E-state index in [0.717, 1.165) is 14.7 Å². The molecule has 0 aromatic heterocycles. The summed E-state index contributed by atoms with van der Waals surface area (Å²) in [5, 5.41) is 0. The first-order chi connectivity index (χ1) is 5.00. The van der Waals surface area contributed by atoms with E-state index in [1.807, 2.05) is 0 Å². The van der Waals surface area contributed by atoms with Gasteiger partial charge in [0.1, 0.15) is 0 Å². The number of fused-ring (bicyclic) bond motifs is 15. The Labute approximate surface area is 72.2 Å². The van der Waals surface area contributed by atoms with E-state index in [-0.39, 0.29) is 0 Å². The van der Waals surface area contributed by atoms with Crippen LogP contribution in [0.5, 0.6) is 0 Å². The third kappa shape index (κ3) is 0.212. The topological polar surface area (TPSA) is 0 Å². The predicted octanol–water partition coefficient (Wildman–Crippen LogP) is -6.22. The van der Waals surface area contributed by atoms with Crippen LogP contribution in [-0.4, -0.2) is 72.7 Å². The first kappa shape index (κ1) is 5.04. The van der Waals surface area contributed by atoms with Crippen molar-refractivity contribution < 1.29 is 0 Å². The molecule has 5 saturated heterocycles. The summed E-state index contributed by atoms with van der Waals surface area (Å²) < 4.78 is 0. The Morgan fingerprint density at radius 3 is 1.60 bits per heavy atom. The van der Waals surface area contributed by atoms with Crippen LogP contribution in [0.1, 0.15) is 0 Å². The minimum atomic E-state index is 0.639. The molecule has 8 atom stereocenters. The smallest absolute Gasteiger partial charge is 0.0231 e. The molecule has 5 aliphatic rings. The van der Waals surface area contributed by atoms with Crippen LogP contribution in [0.25, 0.3) is 0 Å². The summed E-state index contributed by atoms with van der Waals surface area (Å²) in [5.74, 6) is 0. The lowest BCUT2D eigenvalue weighted by Gasteiger charge is -2.63. The van der Waals surface area contributed by atoms with E-state index in [0.29, 0.717) is 52.5 Å². The zero-order valence-electron chi connectivity index (χ0n) is 5.77. The van der Waals surface area contributed by atoms with Gasteiger partial charge in [0.2, 0.25) is 0 Å². The first-order valence-corrected chi connectivity index (χ1v) is 39.0. The summed E-state index contributed by atoms with van der Waals surface area (Å²) in [6.07, 6.45) is 0. The molecular weight excluding hydrogens is 264 g/mol. The molecule has 0 nitrogen and oxygen atoms in total. The van der Waals surface area contributed by atoms with Crippen LogP contribution in [-0.2, 0) is 0 Å². The molecule has 0 bridgehead atoms. The first-order valence-electron chi connectivity index (χ1n) is 5.00. The number of rotatable bonds is 0. The van der Waals surface area contributed by atoms with Gasteiger partial charge in [-0.25, -0.2) is 0 Å². The maximum atomic E-state index is 2.07. The molecule has 0 amide bonds. The monoisotopic (exact) mass is 272 g/mol. The van der Waals surface area contributed by atoms with E-state index in [1.54, 1.807) is 0 Å². The lowest BCUT2D eigenvalue weighted by molar-refractivity contribution is 3.14. The molecule has 8 unspecified atom stereocenters. The highest BCUT2D eigenvalue weighted by atomic mass is 30.9. The van der Waals surface area contributed by atoms with E-state index < -0.39 is 0 Å². The Morgan fingerprint density at radius 2 is 1.00 bits per heavy atom. The van der Waals surface area contributed by atoms with Crippen molar-refractivity contribution in [3.63, 3.8) is 0 Å². The highest BCUT2D eigenvalue weighted by molar-refractivity contribution is 8.76. The quantitative estimate of drug-likeness (QED) is 0.385. The van der Waals surface area contributed by atoms with Crippen LogP contribution in [0, 0.1) is 0 Å². The van der Waals surface area contributed by atoms with Crippen LogP contribution in [0.15, 0.2) is 0 Å². The maximum Gasteiger partial charge on any atom is 0.0960 e. The molecule has 5 heterocycles. The fraction of sp³-hybridized carbons (Fsp3) is 0. The summed E-state index contributed by atoms with van der Waals surface area (Å²) in [4.78, 5) is 0. The summed E-state index contributed by atoms with van der Waals surface area (Å²) >= 11 is 0. The van der Waals surface area contributed by atoms with Crippen molar-refractivity contribution in [2.24, 2.45) is 0 Å². The Kier molecular flexibility index (Phi) is 0.543. The maximum absolute atomic E-state index is 2.07. The lowest BCUT2D eigenvalue weighted by atomic mass is 10.6. The highest BCUT2D eigenvalue weighted by Crippen LogP contribution is 2.63. The molecule has 0 spiro atoms. The summed E-state index contributed by atoms with van der Waals surface area (Å²) in [5.41, 5.74) is 2.07. The molecule has 0 saturated carbocycles. The van der Waals surface area contributed by atoms with Crippen molar-refractivity contribution >= 4 is 72.7 Å². The molecule has 0 aromatic rings. The standard InChI is InChI=1S/BH9Si9/c1-2-5-3(1)7-8-4(1)6(2)10(8)9(5)7/h2-10H. The highest BCUT2D eigenvalue weighted by Gasteiger charge is 3.00. The molecule has 5 aliphatic heterocycles. The van der Waals surface area contributed by atoms with Crippen molar-refractivity contribution in [1.82, 2.24) is 0 Å². The zero-order chi connectivity index (χ0) is 5.77. The molecule has 5 fully saturated rings. The van der Waals surface area contributed by atoms with Gasteiger partial charge in [-0.15, -0.1) is 0 Å². The third-order valence-electron chi connectivity index (χ3n) is 6.67. The van der Waals surface area contributed by atoms with Crippen molar-refractivity contribution in [3.05, 3.63) is 0 Å². The Morgan fingerprint density at radius 1 is 0.500 bits per heavy atom.